The van der Waals surface area contributed by atoms with Crippen LogP contribution in [0.15, 0.2) is 21.1 Å². The zero-order valence-corrected chi connectivity index (χ0v) is 24.2. The van der Waals surface area contributed by atoms with Crippen molar-refractivity contribution in [1.29, 1.82) is 0 Å². The number of aliphatic imine (C=N–C) groups is 1. The molecular weight excluding hydrogens is 609 g/mol. The van der Waals surface area contributed by atoms with Crippen LogP contribution in [0.1, 0.15) is 34.8 Å². The van der Waals surface area contributed by atoms with Crippen LogP contribution in [0.3, 0.4) is 0 Å². The van der Waals surface area contributed by atoms with Crippen LogP contribution in [-0.4, -0.2) is 80.8 Å². The first-order chi connectivity index (χ1) is 20.1. The lowest BCUT2D eigenvalue weighted by molar-refractivity contribution is -0.140. The number of thiazole rings is 3. The molecule has 3 aromatic rings. The van der Waals surface area contributed by atoms with Gasteiger partial charge in [-0.3, -0.25) is 29.0 Å². The van der Waals surface area contributed by atoms with Crippen LogP contribution in [0.4, 0.5) is 0 Å². The van der Waals surface area contributed by atoms with Crippen molar-refractivity contribution in [2.24, 2.45) is 16.5 Å². The van der Waals surface area contributed by atoms with Crippen molar-refractivity contribution in [2.75, 3.05) is 13.1 Å². The second-order valence-corrected chi connectivity index (χ2v) is 11.5. The molecule has 1 aliphatic rings. The van der Waals surface area contributed by atoms with E-state index in [0.717, 1.165) is 0 Å². The van der Waals surface area contributed by atoms with Gasteiger partial charge in [-0.25, -0.2) is 15.0 Å². The average Bonchev–Trinajstić information content (AvgIpc) is 3.71. The smallest absolute Gasteiger partial charge is 0.305 e. The van der Waals surface area contributed by atoms with E-state index in [1.54, 1.807) is 16.1 Å². The molecule has 222 valence electrons. The molecule has 0 radical (unpaired) electrons. The number of carbonyl (C=O) groups excluding carboxylic acids is 4. The number of carboxylic acid groups (broad SMARTS) is 1. The summed E-state index contributed by atoms with van der Waals surface area (Å²) in [6, 6.07) is -2.49. The van der Waals surface area contributed by atoms with E-state index in [1.807, 2.05) is 0 Å². The molecule has 0 fully saturated rings. The molecule has 9 N–H and O–H groups in total. The van der Waals surface area contributed by atoms with Gasteiger partial charge in [-0.1, -0.05) is 0 Å². The number of guanidine groups is 1. The Morgan fingerprint density at radius 3 is 2.21 bits per heavy atom. The highest BCUT2D eigenvalue weighted by atomic mass is 32.1. The van der Waals surface area contributed by atoms with Gasteiger partial charge in [0.15, 0.2) is 5.96 Å². The number of carbonyl (C=O) groups is 5. The lowest BCUT2D eigenvalue weighted by Crippen LogP contribution is -2.52. The minimum atomic E-state index is -1.41. The Labute approximate surface area is 250 Å². The molecule has 4 heterocycles. The van der Waals surface area contributed by atoms with Crippen molar-refractivity contribution >= 4 is 69.6 Å². The predicted molar refractivity (Wildman–Crippen MR) is 155 cm³/mol. The van der Waals surface area contributed by atoms with Gasteiger partial charge in [0.25, 0.3) is 5.91 Å². The maximum absolute atomic E-state index is 13.0. The van der Waals surface area contributed by atoms with Gasteiger partial charge < -0.3 is 37.8 Å². The minimum Gasteiger partial charge on any atom is -0.481 e. The number of hydrogen-bond donors (Lipinski definition) is 7. The van der Waals surface area contributed by atoms with E-state index >= 15 is 0 Å². The van der Waals surface area contributed by atoms with Crippen LogP contribution in [-0.2, 0) is 25.7 Å². The molecule has 0 spiro atoms. The van der Waals surface area contributed by atoms with Gasteiger partial charge in [0.05, 0.1) is 19.5 Å². The van der Waals surface area contributed by atoms with Crippen LogP contribution in [0.25, 0.3) is 21.4 Å². The zero-order chi connectivity index (χ0) is 30.2. The fourth-order valence-electron chi connectivity index (χ4n) is 3.69. The SMILES string of the molecule is NC(N)=NCCC[C@H]1NC(=O)c2csc(n2)-c2csc(n2)-c2csc(n2)CNC(=O)[C@@H](CC(=O)O)NC(=O)CNC1=O. The molecule has 0 aromatic carbocycles. The number of nitrogens with two attached hydrogens (primary N) is 2. The number of fused-ring (bicyclic) bond motifs is 8. The van der Waals surface area contributed by atoms with Crippen molar-refractivity contribution in [3.8, 4) is 21.4 Å². The molecule has 16 nitrogen and oxygen atoms in total. The molecule has 1 aliphatic heterocycles. The molecule has 0 saturated carbocycles. The summed E-state index contributed by atoms with van der Waals surface area (Å²) in [6.07, 6.45) is -0.233. The van der Waals surface area contributed by atoms with Gasteiger partial charge in [-0.2, -0.15) is 0 Å². The third-order valence-electron chi connectivity index (χ3n) is 5.67. The van der Waals surface area contributed by atoms with Crippen LogP contribution in [0.2, 0.25) is 0 Å². The van der Waals surface area contributed by atoms with Crippen LogP contribution < -0.4 is 32.7 Å². The molecule has 19 heteroatoms. The molecule has 4 rings (SSSR count). The van der Waals surface area contributed by atoms with E-state index in [2.05, 4.69) is 41.2 Å². The first-order valence-corrected chi connectivity index (χ1v) is 15.0. The fourth-order valence-corrected chi connectivity index (χ4v) is 6.08. The van der Waals surface area contributed by atoms with Crippen molar-refractivity contribution in [3.05, 3.63) is 26.8 Å². The van der Waals surface area contributed by atoms with Crippen molar-refractivity contribution in [3.63, 3.8) is 0 Å². The second kappa shape index (κ2) is 13.9. The maximum atomic E-state index is 13.0. The van der Waals surface area contributed by atoms with Crippen molar-refractivity contribution in [1.82, 2.24) is 36.2 Å². The quantitative estimate of drug-likeness (QED) is 0.101. The Hall–Kier alpha value is -4.49. The molecule has 4 amide bonds. The normalized spacial score (nSPS) is 18.1. The molecule has 2 atom stereocenters. The van der Waals surface area contributed by atoms with Crippen molar-refractivity contribution in [2.45, 2.75) is 37.9 Å². The highest BCUT2D eigenvalue weighted by Gasteiger charge is 2.27. The van der Waals surface area contributed by atoms with E-state index < -0.39 is 54.6 Å². The Bertz CT molecular complexity index is 1510. The summed E-state index contributed by atoms with van der Waals surface area (Å²) in [5.41, 5.74) is 11.9. The Balaban J connectivity index is 1.60. The molecule has 3 aromatic heterocycles. The van der Waals surface area contributed by atoms with E-state index in [-0.39, 0.29) is 31.2 Å². The summed E-state index contributed by atoms with van der Waals surface area (Å²) in [4.78, 5) is 80.0. The van der Waals surface area contributed by atoms with Gasteiger partial charge in [-0.15, -0.1) is 34.0 Å². The predicted octanol–water partition coefficient (Wildman–Crippen LogP) is -0.752. The third kappa shape index (κ3) is 8.27. The molecular formula is C23H26N10O6S3. The maximum Gasteiger partial charge on any atom is 0.305 e. The number of hydrogen-bond acceptors (Lipinski definition) is 12. The number of aliphatic carboxylic acids is 1. The molecule has 0 saturated heterocycles. The van der Waals surface area contributed by atoms with Crippen LogP contribution >= 0.6 is 34.0 Å². The zero-order valence-electron chi connectivity index (χ0n) is 21.8. The summed E-state index contributed by atoms with van der Waals surface area (Å²) < 4.78 is 0. The Morgan fingerprint density at radius 1 is 0.881 bits per heavy atom. The Morgan fingerprint density at radius 2 is 1.50 bits per heavy atom. The number of amides is 4. The standard InChI is InChI=1S/C23H26N10O6S3/c24-23(25)26-3-1-2-10-18(37)27-5-15(34)29-11(4-17(35)36)19(38)28-6-16-30-13(8-40-16)21-33-14(9-42-21)22-32-12(7-41-22)20(39)31-10/h7-11H,1-6H2,(H,27,37)(H,28,38)(H,29,34)(H,31,39)(H,35,36)(H4,24,25,26)/t10-,11-/m1/s1. The highest BCUT2D eigenvalue weighted by Crippen LogP contribution is 2.31. The number of aromatic nitrogens is 3. The Kier molecular flexibility index (Phi) is 10.1. The monoisotopic (exact) mass is 634 g/mol. The molecule has 42 heavy (non-hydrogen) atoms. The average molecular weight is 635 g/mol. The van der Waals surface area contributed by atoms with Gasteiger partial charge in [0.1, 0.15) is 44.2 Å². The summed E-state index contributed by atoms with van der Waals surface area (Å²) in [6.45, 7) is -0.386. The molecule has 0 unspecified atom stereocenters. The lowest BCUT2D eigenvalue weighted by atomic mass is 10.1. The number of carboxylic acids is 1. The van der Waals surface area contributed by atoms with E-state index in [4.69, 9.17) is 11.5 Å². The summed E-state index contributed by atoms with van der Waals surface area (Å²) in [7, 11) is 0. The fraction of sp³-hybridized carbons (Fsp3) is 0.348. The number of nitrogens with zero attached hydrogens (tertiary/aromatic N) is 4. The number of rotatable bonds is 6. The van der Waals surface area contributed by atoms with Gasteiger partial charge in [0, 0.05) is 22.7 Å². The van der Waals surface area contributed by atoms with Crippen LogP contribution in [0.5, 0.6) is 0 Å². The molecule has 0 aliphatic carbocycles. The summed E-state index contributed by atoms with van der Waals surface area (Å²) >= 11 is 3.80. The van der Waals surface area contributed by atoms with E-state index in [1.165, 1.54) is 34.0 Å². The minimum absolute atomic E-state index is 0.00435. The van der Waals surface area contributed by atoms with E-state index in [0.29, 0.717) is 32.8 Å². The third-order valence-corrected chi connectivity index (χ3v) is 8.24. The largest absolute Gasteiger partial charge is 0.481 e. The topological polar surface area (TPSA) is 257 Å². The van der Waals surface area contributed by atoms with E-state index in [9.17, 15) is 29.1 Å². The lowest BCUT2D eigenvalue weighted by Gasteiger charge is -2.19. The van der Waals surface area contributed by atoms with Crippen molar-refractivity contribution < 1.29 is 29.1 Å². The van der Waals surface area contributed by atoms with Gasteiger partial charge >= 0.3 is 5.97 Å². The first kappa shape index (κ1) is 30.5. The summed E-state index contributed by atoms with van der Waals surface area (Å²) in [5.74, 6) is -4.28. The molecule has 6 bridgehead atoms. The van der Waals surface area contributed by atoms with Gasteiger partial charge in [0.2, 0.25) is 17.7 Å². The first-order valence-electron chi connectivity index (χ1n) is 12.4. The number of nitrogens with one attached hydrogen (secondary N) is 4. The second-order valence-electron chi connectivity index (χ2n) is 8.83. The van der Waals surface area contributed by atoms with Crippen LogP contribution in [0, 0.1) is 0 Å². The van der Waals surface area contributed by atoms with Gasteiger partial charge in [-0.05, 0) is 12.8 Å². The summed E-state index contributed by atoms with van der Waals surface area (Å²) in [5, 5.41) is 25.9. The highest BCUT2D eigenvalue weighted by molar-refractivity contribution is 7.16.